The van der Waals surface area contributed by atoms with E-state index in [-0.39, 0.29) is 15.9 Å². The van der Waals surface area contributed by atoms with Crippen molar-refractivity contribution >= 4 is 27.7 Å². The molecule has 1 heterocycles. The molecule has 6 nitrogen and oxygen atoms in total. The lowest BCUT2D eigenvalue weighted by atomic mass is 10.2. The molecule has 0 aliphatic carbocycles. The Balaban J connectivity index is 2.58. The molecule has 0 unspecified atom stereocenters. The SMILES string of the molecule is COc1cc(F)cc(Br)c1-n1ncc(NC(=O)OC(C)(C)C)c1C(F)(F)F. The highest BCUT2D eigenvalue weighted by Crippen LogP contribution is 2.40. The van der Waals surface area contributed by atoms with Gasteiger partial charge in [-0.05, 0) is 42.8 Å². The number of alkyl halides is 3. The van der Waals surface area contributed by atoms with Crippen molar-refractivity contribution in [2.75, 3.05) is 12.4 Å². The molecule has 27 heavy (non-hydrogen) atoms. The van der Waals surface area contributed by atoms with Crippen molar-refractivity contribution < 1.29 is 31.8 Å². The third-order valence-electron chi connectivity index (χ3n) is 3.10. The van der Waals surface area contributed by atoms with Gasteiger partial charge in [0.1, 0.15) is 22.9 Å². The lowest BCUT2D eigenvalue weighted by Gasteiger charge is -2.20. The van der Waals surface area contributed by atoms with E-state index in [1.165, 1.54) is 7.11 Å². The van der Waals surface area contributed by atoms with E-state index in [0.29, 0.717) is 4.68 Å². The second kappa shape index (κ2) is 7.37. The maximum absolute atomic E-state index is 13.7. The summed E-state index contributed by atoms with van der Waals surface area (Å²) in [5.41, 5.74) is -2.97. The summed E-state index contributed by atoms with van der Waals surface area (Å²) >= 11 is 3.02. The molecule has 1 aromatic carbocycles. The Labute approximate surface area is 160 Å². The minimum absolute atomic E-state index is 0.0169. The van der Waals surface area contributed by atoms with Crippen molar-refractivity contribution in [1.29, 1.82) is 0 Å². The van der Waals surface area contributed by atoms with Crippen molar-refractivity contribution in [1.82, 2.24) is 9.78 Å². The first-order valence-electron chi connectivity index (χ1n) is 7.52. The number of anilines is 1. The van der Waals surface area contributed by atoms with Gasteiger partial charge in [-0.3, -0.25) is 5.32 Å². The first-order chi connectivity index (χ1) is 12.3. The van der Waals surface area contributed by atoms with Crippen LogP contribution in [0.15, 0.2) is 22.8 Å². The summed E-state index contributed by atoms with van der Waals surface area (Å²) in [6.07, 6.45) is -5.14. The number of aromatic nitrogens is 2. The standard InChI is InChI=1S/C16H16BrF4N3O3/c1-15(2,3)27-14(25)23-10-7-22-24(13(10)16(19,20)21)12-9(17)5-8(18)6-11(12)26-4/h5-7H,1-4H3,(H,23,25). The van der Waals surface area contributed by atoms with E-state index in [1.807, 2.05) is 5.32 Å². The lowest BCUT2D eigenvalue weighted by Crippen LogP contribution is -2.28. The summed E-state index contributed by atoms with van der Waals surface area (Å²) in [7, 11) is 1.18. The summed E-state index contributed by atoms with van der Waals surface area (Å²) in [5.74, 6) is -0.894. The van der Waals surface area contributed by atoms with Crippen molar-refractivity contribution in [2.45, 2.75) is 32.5 Å². The number of rotatable bonds is 3. The zero-order chi connectivity index (χ0) is 20.6. The van der Waals surface area contributed by atoms with Crippen LogP contribution in [0, 0.1) is 5.82 Å². The number of halogens is 5. The number of benzene rings is 1. The maximum atomic E-state index is 13.7. The van der Waals surface area contributed by atoms with Gasteiger partial charge in [0.2, 0.25) is 0 Å². The van der Waals surface area contributed by atoms with E-state index in [2.05, 4.69) is 21.0 Å². The van der Waals surface area contributed by atoms with Crippen LogP contribution in [0.2, 0.25) is 0 Å². The summed E-state index contributed by atoms with van der Waals surface area (Å²) in [5, 5.41) is 5.73. The van der Waals surface area contributed by atoms with Gasteiger partial charge < -0.3 is 9.47 Å². The van der Waals surface area contributed by atoms with Crippen LogP contribution in [-0.2, 0) is 10.9 Å². The molecular formula is C16H16BrF4N3O3. The van der Waals surface area contributed by atoms with Crippen molar-refractivity contribution in [2.24, 2.45) is 0 Å². The molecule has 148 valence electrons. The molecule has 1 aromatic heterocycles. The smallest absolute Gasteiger partial charge is 0.435 e. The Bertz CT molecular complexity index is 860. The minimum Gasteiger partial charge on any atom is -0.494 e. The number of nitrogens with zero attached hydrogens (tertiary/aromatic N) is 2. The lowest BCUT2D eigenvalue weighted by molar-refractivity contribution is -0.142. The number of hydrogen-bond donors (Lipinski definition) is 1. The third kappa shape index (κ3) is 4.90. The van der Waals surface area contributed by atoms with Crippen molar-refractivity contribution in [3.05, 3.63) is 34.3 Å². The van der Waals surface area contributed by atoms with E-state index in [0.717, 1.165) is 18.3 Å². The van der Waals surface area contributed by atoms with Crippen LogP contribution in [-0.4, -0.2) is 28.6 Å². The molecule has 1 N–H and O–H groups in total. The predicted octanol–water partition coefficient (Wildman–Crippen LogP) is 5.15. The number of carbonyl (C=O) groups excluding carboxylic acids is 1. The Morgan fingerprint density at radius 2 is 1.89 bits per heavy atom. The largest absolute Gasteiger partial charge is 0.494 e. The number of carbonyl (C=O) groups is 1. The van der Waals surface area contributed by atoms with Gasteiger partial charge in [-0.15, -0.1) is 0 Å². The summed E-state index contributed by atoms with van der Waals surface area (Å²) in [4.78, 5) is 11.9. The predicted molar refractivity (Wildman–Crippen MR) is 92.6 cm³/mol. The van der Waals surface area contributed by atoms with Crippen LogP contribution >= 0.6 is 15.9 Å². The first-order valence-corrected chi connectivity index (χ1v) is 8.31. The molecule has 0 atom stereocenters. The Kier molecular flexibility index (Phi) is 5.74. The second-order valence-electron chi connectivity index (χ2n) is 6.38. The van der Waals surface area contributed by atoms with Crippen LogP contribution in [0.4, 0.5) is 28.0 Å². The van der Waals surface area contributed by atoms with E-state index >= 15 is 0 Å². The van der Waals surface area contributed by atoms with Gasteiger partial charge in [0.25, 0.3) is 0 Å². The van der Waals surface area contributed by atoms with Crippen LogP contribution in [0.5, 0.6) is 5.75 Å². The van der Waals surface area contributed by atoms with Gasteiger partial charge in [-0.1, -0.05) is 0 Å². The number of methoxy groups -OCH3 is 1. The van der Waals surface area contributed by atoms with E-state index < -0.39 is 35.1 Å². The van der Waals surface area contributed by atoms with E-state index in [9.17, 15) is 22.4 Å². The number of nitrogens with one attached hydrogen (secondary N) is 1. The second-order valence-corrected chi connectivity index (χ2v) is 7.24. The number of hydrogen-bond acceptors (Lipinski definition) is 4. The molecule has 0 saturated carbocycles. The molecule has 0 radical (unpaired) electrons. The monoisotopic (exact) mass is 453 g/mol. The van der Waals surface area contributed by atoms with Crippen LogP contribution in [0.1, 0.15) is 26.5 Å². The topological polar surface area (TPSA) is 65.4 Å². The molecule has 11 heteroatoms. The highest BCUT2D eigenvalue weighted by molar-refractivity contribution is 9.10. The highest BCUT2D eigenvalue weighted by Gasteiger charge is 2.40. The molecule has 1 amide bonds. The quantitative estimate of drug-likeness (QED) is 0.652. The molecule has 2 rings (SSSR count). The first kappa shape index (κ1) is 21.0. The summed E-state index contributed by atoms with van der Waals surface area (Å²) in [6.45, 7) is 4.71. The van der Waals surface area contributed by atoms with Gasteiger partial charge in [-0.2, -0.15) is 18.3 Å². The average molecular weight is 454 g/mol. The fraction of sp³-hybridized carbons (Fsp3) is 0.375. The summed E-state index contributed by atoms with van der Waals surface area (Å²) < 4.78 is 65.0. The Morgan fingerprint density at radius 1 is 1.26 bits per heavy atom. The van der Waals surface area contributed by atoms with Crippen LogP contribution in [0.25, 0.3) is 5.69 Å². The minimum atomic E-state index is -4.89. The molecule has 2 aromatic rings. The normalized spacial score (nSPS) is 12.0. The zero-order valence-corrected chi connectivity index (χ0v) is 16.3. The molecule has 0 fully saturated rings. The van der Waals surface area contributed by atoms with Crippen LogP contribution in [0.3, 0.4) is 0 Å². The molecule has 0 bridgehead atoms. The van der Waals surface area contributed by atoms with Crippen molar-refractivity contribution in [3.63, 3.8) is 0 Å². The van der Waals surface area contributed by atoms with E-state index in [4.69, 9.17) is 9.47 Å². The van der Waals surface area contributed by atoms with Gasteiger partial charge >= 0.3 is 12.3 Å². The van der Waals surface area contributed by atoms with Gasteiger partial charge in [-0.25, -0.2) is 13.9 Å². The van der Waals surface area contributed by atoms with Gasteiger partial charge in [0.15, 0.2) is 5.69 Å². The van der Waals surface area contributed by atoms with Gasteiger partial charge in [0.05, 0.1) is 19.0 Å². The number of amides is 1. The van der Waals surface area contributed by atoms with Crippen LogP contribution < -0.4 is 10.1 Å². The van der Waals surface area contributed by atoms with E-state index in [1.54, 1.807) is 20.8 Å². The fourth-order valence-electron chi connectivity index (χ4n) is 2.20. The van der Waals surface area contributed by atoms with Crippen molar-refractivity contribution in [3.8, 4) is 11.4 Å². The zero-order valence-electron chi connectivity index (χ0n) is 14.7. The summed E-state index contributed by atoms with van der Waals surface area (Å²) in [6, 6.07) is 1.89. The number of ether oxygens (including phenoxy) is 2. The third-order valence-corrected chi connectivity index (χ3v) is 3.70. The molecule has 0 spiro atoms. The Morgan fingerprint density at radius 3 is 2.41 bits per heavy atom. The maximum Gasteiger partial charge on any atom is 0.435 e. The van der Waals surface area contributed by atoms with Gasteiger partial charge in [0, 0.05) is 10.5 Å². The molecule has 0 aliphatic rings. The Hall–Kier alpha value is -2.30. The average Bonchev–Trinajstić information content (AvgIpc) is 2.87. The molecule has 0 saturated heterocycles. The fourth-order valence-corrected chi connectivity index (χ4v) is 2.78. The highest BCUT2D eigenvalue weighted by atomic mass is 79.9. The molecular weight excluding hydrogens is 438 g/mol. The molecule has 0 aliphatic heterocycles.